The fourth-order valence-corrected chi connectivity index (χ4v) is 3.96. The van der Waals surface area contributed by atoms with Crippen LogP contribution in [0, 0.1) is 0 Å². The zero-order valence-corrected chi connectivity index (χ0v) is 13.4. The number of nitrogens with zero attached hydrogens (tertiary/aromatic N) is 1. The number of carbonyl (C=O) groups is 2. The summed E-state index contributed by atoms with van der Waals surface area (Å²) in [6.07, 6.45) is 3.23. The molecule has 0 radical (unpaired) electrons. The van der Waals surface area contributed by atoms with Crippen LogP contribution in [0.2, 0.25) is 0 Å². The Hall–Kier alpha value is -2.34. The quantitative estimate of drug-likeness (QED) is 0.885. The molecular weight excluding hydrogens is 310 g/mol. The van der Waals surface area contributed by atoms with Crippen LogP contribution in [-0.4, -0.2) is 18.5 Å². The minimum Gasteiger partial charge on any atom is -0.312 e. The van der Waals surface area contributed by atoms with Gasteiger partial charge in [0.25, 0.3) is 0 Å². The fraction of sp³-hybridized carbons (Fsp3) is 0.294. The second-order valence-corrected chi connectivity index (χ2v) is 6.80. The summed E-state index contributed by atoms with van der Waals surface area (Å²) in [5.74, 6) is 0.217. The van der Waals surface area contributed by atoms with Gasteiger partial charge in [-0.15, -0.1) is 11.3 Å². The number of nitrogens with one attached hydrogen (secondary N) is 2. The molecule has 23 heavy (non-hydrogen) atoms. The van der Waals surface area contributed by atoms with Crippen molar-refractivity contribution in [3.8, 4) is 0 Å². The summed E-state index contributed by atoms with van der Waals surface area (Å²) in [5.41, 5.74) is 4.20. The second kappa shape index (κ2) is 5.70. The second-order valence-electron chi connectivity index (χ2n) is 5.85. The number of benzene rings is 1. The van der Waals surface area contributed by atoms with Crippen LogP contribution in [-0.2, 0) is 17.6 Å². The van der Waals surface area contributed by atoms with Crippen LogP contribution in [0.25, 0.3) is 0 Å². The number of hydrogen-bond donors (Lipinski definition) is 2. The molecule has 5 nitrogen and oxygen atoms in total. The van der Waals surface area contributed by atoms with Crippen molar-refractivity contribution in [2.24, 2.45) is 0 Å². The summed E-state index contributed by atoms with van der Waals surface area (Å²) < 4.78 is 0. The fourth-order valence-electron chi connectivity index (χ4n) is 3.35. The lowest BCUT2D eigenvalue weighted by molar-refractivity contribution is -0.119. The molecule has 2 aliphatic rings. The first-order valence-corrected chi connectivity index (χ1v) is 8.66. The molecule has 0 saturated heterocycles. The van der Waals surface area contributed by atoms with Crippen molar-refractivity contribution in [2.45, 2.75) is 25.7 Å². The molecule has 3 amide bonds. The average Bonchev–Trinajstić information content (AvgIpc) is 3.03. The van der Waals surface area contributed by atoms with Gasteiger partial charge in [-0.1, -0.05) is 0 Å². The maximum atomic E-state index is 12.1. The van der Waals surface area contributed by atoms with E-state index in [9.17, 15) is 9.59 Å². The number of thiophene rings is 1. The number of amides is 3. The van der Waals surface area contributed by atoms with Gasteiger partial charge in [0.2, 0.25) is 5.91 Å². The maximum Gasteiger partial charge on any atom is 0.324 e. The highest BCUT2D eigenvalue weighted by Crippen LogP contribution is 2.37. The third-order valence-corrected chi connectivity index (χ3v) is 5.08. The molecule has 0 unspecified atom stereocenters. The van der Waals surface area contributed by atoms with Gasteiger partial charge in [0.05, 0.1) is 10.7 Å². The van der Waals surface area contributed by atoms with Gasteiger partial charge in [-0.3, -0.25) is 10.1 Å². The summed E-state index contributed by atoms with van der Waals surface area (Å²) in [7, 11) is 0. The van der Waals surface area contributed by atoms with E-state index in [0.29, 0.717) is 6.42 Å². The molecule has 1 aromatic carbocycles. The minimum absolute atomic E-state index is 0.217. The normalized spacial score (nSPS) is 16.0. The molecule has 2 N–H and O–H groups in total. The summed E-state index contributed by atoms with van der Waals surface area (Å²) in [6.45, 7) is 0.810. The Bertz CT molecular complexity index is 753. The van der Waals surface area contributed by atoms with E-state index in [0.717, 1.165) is 53.3 Å². The van der Waals surface area contributed by atoms with Gasteiger partial charge in [-0.2, -0.15) is 0 Å². The van der Waals surface area contributed by atoms with Crippen molar-refractivity contribution in [3.05, 3.63) is 40.8 Å². The van der Waals surface area contributed by atoms with E-state index >= 15 is 0 Å². The Balaban J connectivity index is 1.59. The average molecular weight is 327 g/mol. The van der Waals surface area contributed by atoms with Gasteiger partial charge in [0.15, 0.2) is 0 Å². The third-order valence-electron chi connectivity index (χ3n) is 4.29. The Morgan fingerprint density at radius 3 is 2.74 bits per heavy atom. The minimum atomic E-state index is -0.237. The van der Waals surface area contributed by atoms with Crippen LogP contribution >= 0.6 is 11.3 Å². The smallest absolute Gasteiger partial charge is 0.312 e. The van der Waals surface area contributed by atoms with Crippen LogP contribution in [0.3, 0.4) is 0 Å². The van der Waals surface area contributed by atoms with Gasteiger partial charge in [0, 0.05) is 18.7 Å². The molecule has 6 heteroatoms. The lowest BCUT2D eigenvalue weighted by Crippen LogP contribution is -2.39. The van der Waals surface area contributed by atoms with Crippen molar-refractivity contribution in [2.75, 3.05) is 22.1 Å². The molecule has 3 heterocycles. The van der Waals surface area contributed by atoms with Gasteiger partial charge in [-0.05, 0) is 60.0 Å². The Labute approximate surface area is 138 Å². The van der Waals surface area contributed by atoms with Gasteiger partial charge in [0.1, 0.15) is 0 Å². The number of carbonyl (C=O) groups excluding carboxylic acids is 2. The molecule has 2 aliphatic heterocycles. The zero-order valence-electron chi connectivity index (χ0n) is 12.6. The van der Waals surface area contributed by atoms with Crippen molar-refractivity contribution >= 4 is 39.7 Å². The van der Waals surface area contributed by atoms with Crippen molar-refractivity contribution in [3.63, 3.8) is 0 Å². The third kappa shape index (κ3) is 2.70. The van der Waals surface area contributed by atoms with Crippen molar-refractivity contribution in [1.29, 1.82) is 0 Å². The first-order valence-electron chi connectivity index (χ1n) is 7.78. The lowest BCUT2D eigenvalue weighted by atomic mass is 9.91. The number of anilines is 3. The molecule has 118 valence electrons. The largest absolute Gasteiger partial charge is 0.324 e. The first-order chi connectivity index (χ1) is 11.2. The van der Waals surface area contributed by atoms with E-state index < -0.39 is 0 Å². The standard InChI is InChI=1S/C17H17N3O2S/c21-15-6-5-12-10-13(9-11-3-1-7-20(15)16(11)12)18-17(22)19-14-4-2-8-23-14/h2,4,8-10H,1,3,5-7H2,(H2,18,19,22). The highest BCUT2D eigenvalue weighted by molar-refractivity contribution is 7.14. The molecule has 0 saturated carbocycles. The Morgan fingerprint density at radius 2 is 1.96 bits per heavy atom. The highest BCUT2D eigenvalue weighted by Gasteiger charge is 2.29. The lowest BCUT2D eigenvalue weighted by Gasteiger charge is -2.35. The molecule has 0 fully saturated rings. The molecular formula is C17H17N3O2S. The van der Waals surface area contributed by atoms with Crippen molar-refractivity contribution < 1.29 is 9.59 Å². The first kappa shape index (κ1) is 14.3. The molecule has 1 aromatic heterocycles. The predicted molar refractivity (Wildman–Crippen MR) is 92.4 cm³/mol. The number of rotatable bonds is 2. The summed E-state index contributed by atoms with van der Waals surface area (Å²) in [4.78, 5) is 26.1. The summed E-state index contributed by atoms with van der Waals surface area (Å²) in [5, 5.41) is 8.47. The van der Waals surface area contributed by atoms with Crippen LogP contribution in [0.15, 0.2) is 29.6 Å². The topological polar surface area (TPSA) is 61.4 Å². The molecule has 0 atom stereocenters. The number of hydrogen-bond acceptors (Lipinski definition) is 3. The Kier molecular flexibility index (Phi) is 3.53. The van der Waals surface area contributed by atoms with Gasteiger partial charge < -0.3 is 10.2 Å². The van der Waals surface area contributed by atoms with Gasteiger partial charge in [-0.25, -0.2) is 4.79 Å². The van der Waals surface area contributed by atoms with E-state index in [4.69, 9.17) is 0 Å². The monoisotopic (exact) mass is 327 g/mol. The van der Waals surface area contributed by atoms with Crippen LogP contribution in [0.4, 0.5) is 21.2 Å². The van der Waals surface area contributed by atoms with Crippen LogP contribution in [0.1, 0.15) is 24.0 Å². The SMILES string of the molecule is O=C(Nc1cc2c3c(c1)CCC(=O)N3CCC2)Nc1cccs1. The molecule has 0 bridgehead atoms. The maximum absolute atomic E-state index is 12.1. The highest BCUT2D eigenvalue weighted by atomic mass is 32.1. The van der Waals surface area contributed by atoms with Gasteiger partial charge >= 0.3 is 6.03 Å². The van der Waals surface area contributed by atoms with Crippen LogP contribution in [0.5, 0.6) is 0 Å². The van der Waals surface area contributed by atoms with E-state index in [1.807, 2.05) is 34.5 Å². The zero-order chi connectivity index (χ0) is 15.8. The van der Waals surface area contributed by atoms with Crippen LogP contribution < -0.4 is 15.5 Å². The van der Waals surface area contributed by atoms with E-state index in [2.05, 4.69) is 10.6 Å². The Morgan fingerprint density at radius 1 is 1.13 bits per heavy atom. The molecule has 2 aromatic rings. The molecule has 0 aliphatic carbocycles. The molecule has 4 rings (SSSR count). The predicted octanol–water partition coefficient (Wildman–Crippen LogP) is 3.62. The van der Waals surface area contributed by atoms with Crippen molar-refractivity contribution in [1.82, 2.24) is 0 Å². The molecule has 0 spiro atoms. The summed E-state index contributed by atoms with van der Waals surface area (Å²) >= 11 is 1.49. The van der Waals surface area contributed by atoms with E-state index in [1.54, 1.807) is 0 Å². The number of aryl methyl sites for hydroxylation is 2. The van der Waals surface area contributed by atoms with E-state index in [-0.39, 0.29) is 11.9 Å². The van der Waals surface area contributed by atoms with E-state index in [1.165, 1.54) is 11.3 Å². The summed E-state index contributed by atoms with van der Waals surface area (Å²) in [6, 6.07) is 7.52. The number of urea groups is 1.